The van der Waals surface area contributed by atoms with Gasteiger partial charge in [-0.3, -0.25) is 0 Å². The van der Waals surface area contributed by atoms with Gasteiger partial charge in [-0.15, -0.1) is 0 Å². The minimum Gasteiger partial charge on any atom is -0.494 e. The van der Waals surface area contributed by atoms with Crippen LogP contribution in [0.3, 0.4) is 0 Å². The third kappa shape index (κ3) is 5.97. The van der Waals surface area contributed by atoms with Crippen molar-refractivity contribution in [2.24, 2.45) is 0 Å². The molecule has 19 heavy (non-hydrogen) atoms. The van der Waals surface area contributed by atoms with Crippen LogP contribution in [0.1, 0.15) is 39.0 Å². The minimum absolute atomic E-state index is 0.772. The van der Waals surface area contributed by atoms with Crippen molar-refractivity contribution in [1.82, 2.24) is 5.32 Å². The molecule has 0 radical (unpaired) electrons. The molecule has 3 nitrogen and oxygen atoms in total. The third-order valence-corrected chi connectivity index (χ3v) is 3.15. The Kier molecular flexibility index (Phi) is 6.02. The topological polar surface area (TPSA) is 30.5 Å². The third-order valence-electron chi connectivity index (χ3n) is 3.15. The summed E-state index contributed by atoms with van der Waals surface area (Å²) in [7, 11) is 0. The van der Waals surface area contributed by atoms with Gasteiger partial charge in [0.25, 0.3) is 0 Å². The van der Waals surface area contributed by atoms with Crippen molar-refractivity contribution in [3.8, 4) is 11.5 Å². The second kappa shape index (κ2) is 8.05. The lowest BCUT2D eigenvalue weighted by atomic mass is 10.3. The van der Waals surface area contributed by atoms with E-state index in [1.807, 2.05) is 24.3 Å². The number of unbranched alkanes of at least 4 members (excludes halogenated alkanes) is 1. The fraction of sp³-hybridized carbons (Fsp3) is 0.625. The van der Waals surface area contributed by atoms with Crippen LogP contribution in [0.4, 0.5) is 0 Å². The summed E-state index contributed by atoms with van der Waals surface area (Å²) in [5, 5.41) is 3.51. The summed E-state index contributed by atoms with van der Waals surface area (Å²) in [4.78, 5) is 0. The summed E-state index contributed by atoms with van der Waals surface area (Å²) in [6.45, 7) is 4.79. The maximum atomic E-state index is 5.70. The van der Waals surface area contributed by atoms with Crippen molar-refractivity contribution in [3.05, 3.63) is 24.3 Å². The Labute approximate surface area is 116 Å². The Hall–Kier alpha value is -1.22. The Morgan fingerprint density at radius 3 is 2.21 bits per heavy atom. The van der Waals surface area contributed by atoms with Crippen LogP contribution < -0.4 is 14.8 Å². The van der Waals surface area contributed by atoms with Crippen LogP contribution >= 0.6 is 0 Å². The van der Waals surface area contributed by atoms with Crippen LogP contribution in [0.15, 0.2) is 24.3 Å². The van der Waals surface area contributed by atoms with Crippen LogP contribution in [-0.2, 0) is 0 Å². The zero-order chi connectivity index (χ0) is 13.3. The first-order chi connectivity index (χ1) is 9.38. The molecule has 0 unspecified atom stereocenters. The molecule has 0 saturated heterocycles. The zero-order valence-electron chi connectivity index (χ0n) is 11.9. The van der Waals surface area contributed by atoms with E-state index in [0.717, 1.165) is 50.1 Å². The largest absolute Gasteiger partial charge is 0.494 e. The molecular formula is C16H25NO2. The van der Waals surface area contributed by atoms with Crippen LogP contribution in [0, 0.1) is 0 Å². The van der Waals surface area contributed by atoms with E-state index in [9.17, 15) is 0 Å². The van der Waals surface area contributed by atoms with E-state index in [1.165, 1.54) is 19.3 Å². The summed E-state index contributed by atoms with van der Waals surface area (Å²) in [5.41, 5.74) is 0. The first kappa shape index (κ1) is 14.2. The van der Waals surface area contributed by atoms with Gasteiger partial charge in [0.2, 0.25) is 0 Å². The average molecular weight is 263 g/mol. The van der Waals surface area contributed by atoms with Crippen molar-refractivity contribution in [2.45, 2.75) is 45.1 Å². The molecule has 1 saturated carbocycles. The molecular weight excluding hydrogens is 238 g/mol. The highest BCUT2D eigenvalue weighted by molar-refractivity contribution is 5.31. The highest BCUT2D eigenvalue weighted by Crippen LogP contribution is 2.19. The van der Waals surface area contributed by atoms with Gasteiger partial charge in [-0.1, -0.05) is 6.92 Å². The molecule has 0 amide bonds. The van der Waals surface area contributed by atoms with Crippen LogP contribution in [0.2, 0.25) is 0 Å². The van der Waals surface area contributed by atoms with Gasteiger partial charge in [0.1, 0.15) is 11.5 Å². The van der Waals surface area contributed by atoms with Gasteiger partial charge in [-0.05, 0) is 62.9 Å². The summed E-state index contributed by atoms with van der Waals surface area (Å²) < 4.78 is 11.2. The lowest BCUT2D eigenvalue weighted by Gasteiger charge is -2.08. The van der Waals surface area contributed by atoms with Crippen molar-refractivity contribution in [1.29, 1.82) is 0 Å². The molecule has 0 atom stereocenters. The molecule has 3 heteroatoms. The number of nitrogens with one attached hydrogen (secondary N) is 1. The van der Waals surface area contributed by atoms with Gasteiger partial charge in [0.05, 0.1) is 13.2 Å². The maximum Gasteiger partial charge on any atom is 0.119 e. The van der Waals surface area contributed by atoms with Crippen molar-refractivity contribution >= 4 is 0 Å². The Bertz CT molecular complexity index is 346. The number of rotatable bonds is 10. The number of ether oxygens (including phenoxy) is 2. The normalized spacial score (nSPS) is 14.4. The molecule has 0 aliphatic heterocycles. The van der Waals surface area contributed by atoms with Crippen molar-refractivity contribution in [3.63, 3.8) is 0 Å². The molecule has 0 spiro atoms. The van der Waals surface area contributed by atoms with Gasteiger partial charge in [-0.2, -0.15) is 0 Å². The molecule has 1 aromatic carbocycles. The van der Waals surface area contributed by atoms with E-state index in [1.54, 1.807) is 0 Å². The highest BCUT2D eigenvalue weighted by Gasteiger charge is 2.19. The lowest BCUT2D eigenvalue weighted by Crippen LogP contribution is -2.17. The average Bonchev–Trinajstić information content (AvgIpc) is 3.26. The van der Waals surface area contributed by atoms with Crippen LogP contribution in [0.5, 0.6) is 11.5 Å². The second-order valence-corrected chi connectivity index (χ2v) is 5.10. The molecule has 0 aromatic heterocycles. The summed E-state index contributed by atoms with van der Waals surface area (Å²) in [6.07, 6.45) is 6.06. The fourth-order valence-electron chi connectivity index (χ4n) is 1.86. The number of hydrogen-bond donors (Lipinski definition) is 1. The first-order valence-electron chi connectivity index (χ1n) is 7.47. The molecule has 0 bridgehead atoms. The highest BCUT2D eigenvalue weighted by atomic mass is 16.5. The molecule has 1 aromatic rings. The quantitative estimate of drug-likeness (QED) is 0.656. The smallest absolute Gasteiger partial charge is 0.119 e. The summed E-state index contributed by atoms with van der Waals surface area (Å²) in [6, 6.07) is 8.72. The summed E-state index contributed by atoms with van der Waals surface area (Å²) in [5.74, 6) is 1.85. The molecule has 0 heterocycles. The van der Waals surface area contributed by atoms with Gasteiger partial charge in [0, 0.05) is 6.04 Å². The number of hydrogen-bond acceptors (Lipinski definition) is 3. The van der Waals surface area contributed by atoms with Crippen LogP contribution in [0.25, 0.3) is 0 Å². The van der Waals surface area contributed by atoms with Crippen molar-refractivity contribution < 1.29 is 9.47 Å². The molecule has 1 aliphatic rings. The Balaban J connectivity index is 1.54. The Morgan fingerprint density at radius 2 is 1.63 bits per heavy atom. The lowest BCUT2D eigenvalue weighted by molar-refractivity contribution is 0.301. The minimum atomic E-state index is 0.772. The molecule has 1 N–H and O–H groups in total. The van der Waals surface area contributed by atoms with E-state index in [4.69, 9.17) is 9.47 Å². The SMILES string of the molecule is CCCOc1ccc(OCCCCNC2CC2)cc1. The Morgan fingerprint density at radius 1 is 1.00 bits per heavy atom. The molecule has 1 aliphatic carbocycles. The van der Waals surface area contributed by atoms with Gasteiger partial charge in [0.15, 0.2) is 0 Å². The van der Waals surface area contributed by atoms with E-state index in [2.05, 4.69) is 12.2 Å². The first-order valence-corrected chi connectivity index (χ1v) is 7.47. The molecule has 2 rings (SSSR count). The molecule has 106 valence electrons. The zero-order valence-corrected chi connectivity index (χ0v) is 11.9. The molecule has 1 fully saturated rings. The van der Waals surface area contributed by atoms with Crippen molar-refractivity contribution in [2.75, 3.05) is 19.8 Å². The number of benzene rings is 1. The van der Waals surface area contributed by atoms with E-state index in [-0.39, 0.29) is 0 Å². The second-order valence-electron chi connectivity index (χ2n) is 5.10. The van der Waals surface area contributed by atoms with Gasteiger partial charge >= 0.3 is 0 Å². The monoisotopic (exact) mass is 263 g/mol. The van der Waals surface area contributed by atoms with E-state index < -0.39 is 0 Å². The van der Waals surface area contributed by atoms with Gasteiger partial charge < -0.3 is 14.8 Å². The predicted molar refractivity (Wildman–Crippen MR) is 78.0 cm³/mol. The van der Waals surface area contributed by atoms with Gasteiger partial charge in [-0.25, -0.2) is 0 Å². The van der Waals surface area contributed by atoms with E-state index >= 15 is 0 Å². The van der Waals surface area contributed by atoms with Crippen LogP contribution in [-0.4, -0.2) is 25.8 Å². The van der Waals surface area contributed by atoms with E-state index in [0.29, 0.717) is 0 Å². The maximum absolute atomic E-state index is 5.70. The predicted octanol–water partition coefficient (Wildman–Crippen LogP) is 3.39. The summed E-state index contributed by atoms with van der Waals surface area (Å²) >= 11 is 0. The standard InChI is InChI=1S/C16H25NO2/c1-2-12-18-15-7-9-16(10-8-15)19-13-4-3-11-17-14-5-6-14/h7-10,14,17H,2-6,11-13H2,1H3. The fourth-order valence-corrected chi connectivity index (χ4v) is 1.86.